The summed E-state index contributed by atoms with van der Waals surface area (Å²) in [6.45, 7) is 1.34. The first-order valence-corrected chi connectivity index (χ1v) is 12.0. The van der Waals surface area contributed by atoms with Gasteiger partial charge in [-0.05, 0) is 48.9 Å². The maximum absolute atomic E-state index is 13.5. The summed E-state index contributed by atoms with van der Waals surface area (Å²) in [4.78, 5) is 12.7. The van der Waals surface area contributed by atoms with E-state index in [9.17, 15) is 13.2 Å². The van der Waals surface area contributed by atoms with E-state index in [0.29, 0.717) is 22.1 Å². The number of hydrogen-bond donors (Lipinski definition) is 1. The molecule has 0 aliphatic rings. The number of carbonyl (C=O) groups excluding carboxylic acids is 1. The predicted molar refractivity (Wildman–Crippen MR) is 132 cm³/mol. The standard InChI is InChI=1S/C24H24ClN3O5S/c1-17-7-10-21(11-8-17)34(30,31)28(20-9-12-22(32-2)23(14-20)33-3)16-24(29)27-26-15-18-5-4-6-19(25)13-18/h4-15H,16H2,1-3H3,(H,27,29)/b26-15-. The van der Waals surface area contributed by atoms with E-state index in [-0.39, 0.29) is 10.6 Å². The fourth-order valence-electron chi connectivity index (χ4n) is 3.06. The van der Waals surface area contributed by atoms with E-state index in [1.54, 1.807) is 42.5 Å². The Bertz CT molecular complexity index is 1290. The number of benzene rings is 3. The Labute approximate surface area is 203 Å². The Morgan fingerprint density at radius 3 is 2.38 bits per heavy atom. The van der Waals surface area contributed by atoms with Gasteiger partial charge < -0.3 is 9.47 Å². The van der Waals surface area contributed by atoms with Gasteiger partial charge in [0.2, 0.25) is 0 Å². The number of amides is 1. The van der Waals surface area contributed by atoms with Crippen molar-refractivity contribution >= 4 is 39.4 Å². The van der Waals surface area contributed by atoms with Crippen LogP contribution in [0.15, 0.2) is 76.7 Å². The van der Waals surface area contributed by atoms with Gasteiger partial charge in [0.05, 0.1) is 31.0 Å². The Kier molecular flexibility index (Phi) is 8.14. The summed E-state index contributed by atoms with van der Waals surface area (Å²) in [6, 6.07) is 17.9. The van der Waals surface area contributed by atoms with Crippen molar-refractivity contribution in [2.75, 3.05) is 25.1 Å². The molecule has 0 unspecified atom stereocenters. The van der Waals surface area contributed by atoms with Crippen LogP contribution >= 0.6 is 11.6 Å². The number of anilines is 1. The van der Waals surface area contributed by atoms with Crippen molar-refractivity contribution in [3.05, 3.63) is 82.9 Å². The van der Waals surface area contributed by atoms with Gasteiger partial charge >= 0.3 is 0 Å². The first kappa shape index (κ1) is 25.1. The topological polar surface area (TPSA) is 97.3 Å². The van der Waals surface area contributed by atoms with Crippen molar-refractivity contribution in [3.8, 4) is 11.5 Å². The molecule has 0 atom stereocenters. The number of rotatable bonds is 9. The molecule has 3 aromatic carbocycles. The highest BCUT2D eigenvalue weighted by atomic mass is 35.5. The summed E-state index contributed by atoms with van der Waals surface area (Å²) in [7, 11) is -1.17. The van der Waals surface area contributed by atoms with Gasteiger partial charge in [-0.1, -0.05) is 41.4 Å². The molecular formula is C24H24ClN3O5S. The number of aryl methyl sites for hydroxylation is 1. The number of ether oxygens (including phenoxy) is 2. The number of hydrazone groups is 1. The predicted octanol–water partition coefficient (Wildman–Crippen LogP) is 4.01. The van der Waals surface area contributed by atoms with Crippen molar-refractivity contribution in [2.24, 2.45) is 5.10 Å². The van der Waals surface area contributed by atoms with Crippen molar-refractivity contribution in [1.82, 2.24) is 5.43 Å². The van der Waals surface area contributed by atoms with E-state index in [1.165, 1.54) is 44.7 Å². The third kappa shape index (κ3) is 6.06. The largest absolute Gasteiger partial charge is 0.493 e. The molecule has 3 rings (SSSR count). The van der Waals surface area contributed by atoms with Crippen molar-refractivity contribution in [3.63, 3.8) is 0 Å². The molecule has 3 aromatic rings. The molecule has 0 bridgehead atoms. The van der Waals surface area contributed by atoms with Crippen LogP contribution in [-0.2, 0) is 14.8 Å². The number of halogens is 1. The lowest BCUT2D eigenvalue weighted by Crippen LogP contribution is -2.39. The monoisotopic (exact) mass is 501 g/mol. The summed E-state index contributed by atoms with van der Waals surface area (Å²) in [6.07, 6.45) is 1.42. The van der Waals surface area contributed by atoms with E-state index in [2.05, 4.69) is 10.5 Å². The summed E-state index contributed by atoms with van der Waals surface area (Å²) >= 11 is 5.95. The molecule has 178 valence electrons. The SMILES string of the molecule is COc1ccc(N(CC(=O)N/N=C\c2cccc(Cl)c2)S(=O)(=O)c2ccc(C)cc2)cc1OC. The molecule has 8 nitrogen and oxygen atoms in total. The van der Waals surface area contributed by atoms with Gasteiger partial charge in [0.25, 0.3) is 15.9 Å². The van der Waals surface area contributed by atoms with E-state index in [4.69, 9.17) is 21.1 Å². The highest BCUT2D eigenvalue weighted by molar-refractivity contribution is 7.92. The molecule has 1 amide bonds. The van der Waals surface area contributed by atoms with Gasteiger partial charge in [-0.15, -0.1) is 0 Å². The molecule has 1 N–H and O–H groups in total. The third-order valence-corrected chi connectivity index (χ3v) is 6.83. The van der Waals surface area contributed by atoms with Gasteiger partial charge in [-0.3, -0.25) is 9.10 Å². The highest BCUT2D eigenvalue weighted by Crippen LogP contribution is 2.33. The fraction of sp³-hybridized carbons (Fsp3) is 0.167. The van der Waals surface area contributed by atoms with Gasteiger partial charge in [0, 0.05) is 11.1 Å². The summed E-state index contributed by atoms with van der Waals surface area (Å²) in [5.74, 6) is 0.113. The minimum absolute atomic E-state index is 0.0445. The molecule has 10 heteroatoms. The molecule has 0 fully saturated rings. The molecular weight excluding hydrogens is 478 g/mol. The molecule has 0 saturated heterocycles. The van der Waals surface area contributed by atoms with Crippen LogP contribution in [0.5, 0.6) is 11.5 Å². The van der Waals surface area contributed by atoms with Crippen LogP contribution in [0.3, 0.4) is 0 Å². The molecule has 0 spiro atoms. The normalized spacial score (nSPS) is 11.3. The average Bonchev–Trinajstić information content (AvgIpc) is 2.82. The Balaban J connectivity index is 1.91. The van der Waals surface area contributed by atoms with Crippen LogP contribution in [-0.4, -0.2) is 41.3 Å². The lowest BCUT2D eigenvalue weighted by molar-refractivity contribution is -0.119. The minimum atomic E-state index is -4.09. The van der Waals surface area contributed by atoms with Gasteiger partial charge in [-0.2, -0.15) is 5.10 Å². The average molecular weight is 502 g/mol. The second-order valence-corrected chi connectivity index (χ2v) is 9.51. The summed E-state index contributed by atoms with van der Waals surface area (Å²) < 4.78 is 38.5. The quantitative estimate of drug-likeness (QED) is 0.353. The zero-order chi connectivity index (χ0) is 24.7. The Morgan fingerprint density at radius 1 is 1.03 bits per heavy atom. The number of methoxy groups -OCH3 is 2. The van der Waals surface area contributed by atoms with Crippen LogP contribution < -0.4 is 19.2 Å². The zero-order valence-electron chi connectivity index (χ0n) is 18.9. The molecule has 34 heavy (non-hydrogen) atoms. The van der Waals surface area contributed by atoms with Crippen LogP contribution in [0.1, 0.15) is 11.1 Å². The lowest BCUT2D eigenvalue weighted by atomic mass is 10.2. The number of nitrogens with zero attached hydrogens (tertiary/aromatic N) is 2. The zero-order valence-corrected chi connectivity index (χ0v) is 20.4. The maximum Gasteiger partial charge on any atom is 0.264 e. The van der Waals surface area contributed by atoms with Crippen molar-refractivity contribution in [2.45, 2.75) is 11.8 Å². The summed E-state index contributed by atoms with van der Waals surface area (Å²) in [5, 5.41) is 4.43. The molecule has 0 saturated carbocycles. The van der Waals surface area contributed by atoms with E-state index in [0.717, 1.165) is 9.87 Å². The van der Waals surface area contributed by atoms with E-state index in [1.807, 2.05) is 6.92 Å². The number of sulfonamides is 1. The van der Waals surface area contributed by atoms with Crippen LogP contribution in [0.2, 0.25) is 5.02 Å². The Morgan fingerprint density at radius 2 is 1.74 bits per heavy atom. The summed E-state index contributed by atoms with van der Waals surface area (Å²) in [5.41, 5.74) is 4.17. The molecule has 0 aliphatic heterocycles. The van der Waals surface area contributed by atoms with Gasteiger partial charge in [0.15, 0.2) is 11.5 Å². The number of hydrogen-bond acceptors (Lipinski definition) is 6. The van der Waals surface area contributed by atoms with Crippen LogP contribution in [0.25, 0.3) is 0 Å². The molecule has 0 aromatic heterocycles. The van der Waals surface area contributed by atoms with Crippen molar-refractivity contribution in [1.29, 1.82) is 0 Å². The van der Waals surface area contributed by atoms with Crippen LogP contribution in [0.4, 0.5) is 5.69 Å². The maximum atomic E-state index is 13.5. The van der Waals surface area contributed by atoms with E-state index < -0.39 is 22.5 Å². The third-order valence-electron chi connectivity index (χ3n) is 4.80. The molecule has 0 radical (unpaired) electrons. The fourth-order valence-corrected chi connectivity index (χ4v) is 4.68. The first-order valence-electron chi connectivity index (χ1n) is 10.1. The molecule has 0 aliphatic carbocycles. The first-order chi connectivity index (χ1) is 16.2. The van der Waals surface area contributed by atoms with Crippen LogP contribution in [0, 0.1) is 6.92 Å². The second kappa shape index (κ2) is 11.0. The number of carbonyl (C=O) groups is 1. The van der Waals surface area contributed by atoms with Gasteiger partial charge in [0.1, 0.15) is 6.54 Å². The minimum Gasteiger partial charge on any atom is -0.493 e. The molecule has 0 heterocycles. The van der Waals surface area contributed by atoms with Gasteiger partial charge in [-0.25, -0.2) is 13.8 Å². The lowest BCUT2D eigenvalue weighted by Gasteiger charge is -2.24. The Hall–Kier alpha value is -3.56. The number of nitrogens with one attached hydrogen (secondary N) is 1. The smallest absolute Gasteiger partial charge is 0.264 e. The highest BCUT2D eigenvalue weighted by Gasteiger charge is 2.28. The van der Waals surface area contributed by atoms with Crippen molar-refractivity contribution < 1.29 is 22.7 Å². The van der Waals surface area contributed by atoms with E-state index >= 15 is 0 Å². The second-order valence-electron chi connectivity index (χ2n) is 7.21.